The SMILES string of the molecule is C#CCNC1CCN(S(=O)(=O)CCC)CC1. The Hall–Kier alpha value is -0.570. The highest BCUT2D eigenvalue weighted by Gasteiger charge is 2.26. The van der Waals surface area contributed by atoms with Gasteiger partial charge >= 0.3 is 0 Å². The van der Waals surface area contributed by atoms with Gasteiger partial charge in [-0.25, -0.2) is 12.7 Å². The summed E-state index contributed by atoms with van der Waals surface area (Å²) < 4.78 is 25.2. The summed E-state index contributed by atoms with van der Waals surface area (Å²) in [6.45, 7) is 3.68. The fraction of sp³-hybridized carbons (Fsp3) is 0.818. The van der Waals surface area contributed by atoms with E-state index in [0.717, 1.165) is 12.8 Å². The van der Waals surface area contributed by atoms with Crippen LogP contribution in [0.25, 0.3) is 0 Å². The van der Waals surface area contributed by atoms with Gasteiger partial charge in [-0.1, -0.05) is 12.8 Å². The lowest BCUT2D eigenvalue weighted by atomic mass is 10.1. The van der Waals surface area contributed by atoms with Crippen molar-refractivity contribution >= 4 is 10.0 Å². The molecule has 0 aromatic rings. The Morgan fingerprint density at radius 1 is 1.44 bits per heavy atom. The third-order valence-electron chi connectivity index (χ3n) is 2.80. The van der Waals surface area contributed by atoms with Crippen molar-refractivity contribution in [2.75, 3.05) is 25.4 Å². The lowest BCUT2D eigenvalue weighted by Gasteiger charge is -2.31. The summed E-state index contributed by atoms with van der Waals surface area (Å²) in [5.74, 6) is 2.79. The van der Waals surface area contributed by atoms with Crippen LogP contribution in [0.2, 0.25) is 0 Å². The minimum atomic E-state index is -3.01. The van der Waals surface area contributed by atoms with Gasteiger partial charge in [0.15, 0.2) is 0 Å². The van der Waals surface area contributed by atoms with Crippen LogP contribution < -0.4 is 5.32 Å². The van der Waals surface area contributed by atoms with E-state index in [4.69, 9.17) is 6.42 Å². The molecule has 0 spiro atoms. The molecule has 4 nitrogen and oxygen atoms in total. The quantitative estimate of drug-likeness (QED) is 0.713. The monoisotopic (exact) mass is 244 g/mol. The highest BCUT2D eigenvalue weighted by Crippen LogP contribution is 2.14. The number of hydrogen-bond acceptors (Lipinski definition) is 3. The zero-order chi connectivity index (χ0) is 12.0. The van der Waals surface area contributed by atoms with Crippen LogP contribution in [-0.4, -0.2) is 44.2 Å². The second kappa shape index (κ2) is 6.24. The molecule has 0 radical (unpaired) electrons. The topological polar surface area (TPSA) is 49.4 Å². The van der Waals surface area contributed by atoms with Gasteiger partial charge in [0.2, 0.25) is 10.0 Å². The van der Waals surface area contributed by atoms with E-state index in [-0.39, 0.29) is 5.75 Å². The largest absolute Gasteiger partial charge is 0.303 e. The summed E-state index contributed by atoms with van der Waals surface area (Å²) in [7, 11) is -3.01. The van der Waals surface area contributed by atoms with Crippen LogP contribution in [0.1, 0.15) is 26.2 Å². The van der Waals surface area contributed by atoms with Gasteiger partial charge < -0.3 is 5.32 Å². The van der Waals surface area contributed by atoms with E-state index in [1.165, 1.54) is 0 Å². The third-order valence-corrected chi connectivity index (χ3v) is 4.88. The third kappa shape index (κ3) is 3.78. The lowest BCUT2D eigenvalue weighted by Crippen LogP contribution is -2.45. The molecule has 92 valence electrons. The van der Waals surface area contributed by atoms with Crippen LogP contribution in [-0.2, 0) is 10.0 Å². The minimum Gasteiger partial charge on any atom is -0.303 e. The van der Waals surface area contributed by atoms with Crippen molar-refractivity contribution in [1.29, 1.82) is 0 Å². The maximum atomic E-state index is 11.8. The smallest absolute Gasteiger partial charge is 0.214 e. The van der Waals surface area contributed by atoms with Crippen molar-refractivity contribution in [3.05, 3.63) is 0 Å². The zero-order valence-corrected chi connectivity index (χ0v) is 10.6. The van der Waals surface area contributed by atoms with E-state index in [1.807, 2.05) is 6.92 Å². The molecule has 0 aliphatic carbocycles. The molecule has 1 saturated heterocycles. The molecular weight excluding hydrogens is 224 g/mol. The predicted octanol–water partition coefficient (Wildman–Crippen LogP) is 0.413. The van der Waals surface area contributed by atoms with Crippen LogP contribution in [0.15, 0.2) is 0 Å². The summed E-state index contributed by atoms with van der Waals surface area (Å²) >= 11 is 0. The number of sulfonamides is 1. The Bertz CT molecular complexity index is 337. The number of nitrogens with one attached hydrogen (secondary N) is 1. The Morgan fingerprint density at radius 3 is 2.56 bits per heavy atom. The van der Waals surface area contributed by atoms with Gasteiger partial charge in [-0.3, -0.25) is 0 Å². The number of hydrogen-bond donors (Lipinski definition) is 1. The summed E-state index contributed by atoms with van der Waals surface area (Å²) in [6.07, 6.45) is 7.54. The van der Waals surface area contributed by atoms with Gasteiger partial charge in [-0.05, 0) is 19.3 Å². The average molecular weight is 244 g/mol. The van der Waals surface area contributed by atoms with Crippen molar-refractivity contribution in [2.45, 2.75) is 32.2 Å². The normalized spacial score (nSPS) is 19.5. The molecule has 0 atom stereocenters. The van der Waals surface area contributed by atoms with Crippen molar-refractivity contribution in [3.63, 3.8) is 0 Å². The Labute approximate surface area is 98.5 Å². The first-order valence-corrected chi connectivity index (χ1v) is 7.35. The molecule has 1 aliphatic rings. The maximum Gasteiger partial charge on any atom is 0.214 e. The molecule has 1 rings (SSSR count). The Balaban J connectivity index is 2.40. The molecule has 1 aliphatic heterocycles. The number of piperidine rings is 1. The molecule has 5 heteroatoms. The molecule has 0 amide bonds. The first-order chi connectivity index (χ1) is 7.60. The van der Waals surface area contributed by atoms with Gasteiger partial charge in [0, 0.05) is 19.1 Å². The van der Waals surface area contributed by atoms with Crippen molar-refractivity contribution in [1.82, 2.24) is 9.62 Å². The van der Waals surface area contributed by atoms with Gasteiger partial charge in [0.1, 0.15) is 0 Å². The van der Waals surface area contributed by atoms with Gasteiger partial charge in [-0.15, -0.1) is 6.42 Å². The Kier molecular flexibility index (Phi) is 5.26. The van der Waals surface area contributed by atoms with Crippen LogP contribution in [0.3, 0.4) is 0 Å². The van der Waals surface area contributed by atoms with Crippen LogP contribution in [0, 0.1) is 12.3 Å². The van der Waals surface area contributed by atoms with E-state index in [0.29, 0.717) is 32.1 Å². The molecule has 0 bridgehead atoms. The van der Waals surface area contributed by atoms with Gasteiger partial charge in [0.05, 0.1) is 12.3 Å². The Morgan fingerprint density at radius 2 is 2.06 bits per heavy atom. The van der Waals surface area contributed by atoms with Crippen LogP contribution in [0.5, 0.6) is 0 Å². The van der Waals surface area contributed by atoms with E-state index in [1.54, 1.807) is 4.31 Å². The standard InChI is InChI=1S/C11H20N2O2S/c1-3-7-12-11-5-8-13(9-6-11)16(14,15)10-4-2/h1,11-12H,4-10H2,2H3. The molecule has 0 aromatic heterocycles. The van der Waals surface area contributed by atoms with Gasteiger partial charge in [-0.2, -0.15) is 0 Å². The van der Waals surface area contributed by atoms with E-state index in [9.17, 15) is 8.42 Å². The van der Waals surface area contributed by atoms with Crippen LogP contribution >= 0.6 is 0 Å². The van der Waals surface area contributed by atoms with Crippen molar-refractivity contribution < 1.29 is 8.42 Å². The maximum absolute atomic E-state index is 11.8. The number of rotatable bonds is 5. The fourth-order valence-electron chi connectivity index (χ4n) is 1.93. The number of nitrogens with zero attached hydrogens (tertiary/aromatic N) is 1. The molecule has 16 heavy (non-hydrogen) atoms. The molecule has 0 saturated carbocycles. The highest BCUT2D eigenvalue weighted by molar-refractivity contribution is 7.89. The zero-order valence-electron chi connectivity index (χ0n) is 9.78. The van der Waals surface area contributed by atoms with E-state index < -0.39 is 10.0 Å². The lowest BCUT2D eigenvalue weighted by molar-refractivity contribution is 0.295. The summed E-state index contributed by atoms with van der Waals surface area (Å²) in [6, 6.07) is 0.365. The molecule has 0 unspecified atom stereocenters. The first kappa shape index (κ1) is 13.5. The average Bonchev–Trinajstić information content (AvgIpc) is 2.27. The van der Waals surface area contributed by atoms with Crippen molar-refractivity contribution in [3.8, 4) is 12.3 Å². The van der Waals surface area contributed by atoms with E-state index >= 15 is 0 Å². The highest BCUT2D eigenvalue weighted by atomic mass is 32.2. The molecular formula is C11H20N2O2S. The number of terminal acetylenes is 1. The summed E-state index contributed by atoms with van der Waals surface area (Å²) in [5, 5.41) is 3.22. The molecule has 1 N–H and O–H groups in total. The van der Waals surface area contributed by atoms with Crippen molar-refractivity contribution in [2.24, 2.45) is 0 Å². The predicted molar refractivity (Wildman–Crippen MR) is 65.5 cm³/mol. The second-order valence-electron chi connectivity index (χ2n) is 4.07. The second-order valence-corrected chi connectivity index (χ2v) is 6.16. The summed E-state index contributed by atoms with van der Waals surface area (Å²) in [5.41, 5.74) is 0. The molecule has 1 fully saturated rings. The minimum absolute atomic E-state index is 0.259. The summed E-state index contributed by atoms with van der Waals surface area (Å²) in [4.78, 5) is 0. The fourth-order valence-corrected chi connectivity index (χ4v) is 3.47. The molecule has 1 heterocycles. The van der Waals surface area contributed by atoms with E-state index in [2.05, 4.69) is 11.2 Å². The molecule has 0 aromatic carbocycles. The van der Waals surface area contributed by atoms with Gasteiger partial charge in [0.25, 0.3) is 0 Å². The first-order valence-electron chi connectivity index (χ1n) is 5.75. The van der Waals surface area contributed by atoms with Crippen LogP contribution in [0.4, 0.5) is 0 Å².